The molecule has 0 aromatic carbocycles. The molecule has 0 nitrogen and oxygen atoms in total. The smallest absolute Gasteiger partial charge is 0.0470 e. The van der Waals surface area contributed by atoms with Crippen molar-refractivity contribution in [2.24, 2.45) is 11.3 Å². The van der Waals surface area contributed by atoms with Gasteiger partial charge < -0.3 is 0 Å². The molecule has 0 aromatic heterocycles. The van der Waals surface area contributed by atoms with Crippen LogP contribution >= 0.6 is 23.2 Å². The lowest BCUT2D eigenvalue weighted by molar-refractivity contribution is 0.368. The molecule has 12 heavy (non-hydrogen) atoms. The van der Waals surface area contributed by atoms with E-state index in [1.54, 1.807) is 0 Å². The summed E-state index contributed by atoms with van der Waals surface area (Å²) in [7, 11) is 0. The summed E-state index contributed by atoms with van der Waals surface area (Å²) in [6.45, 7) is 4.35. The van der Waals surface area contributed by atoms with Gasteiger partial charge in [-0.2, -0.15) is 0 Å². The summed E-state index contributed by atoms with van der Waals surface area (Å²) in [5.41, 5.74) is 1.31. The second-order valence-corrected chi connectivity index (χ2v) is 4.17. The van der Waals surface area contributed by atoms with E-state index in [9.17, 15) is 0 Å². The van der Waals surface area contributed by atoms with Crippen molar-refractivity contribution in [1.29, 1.82) is 0 Å². The lowest BCUT2D eigenvalue weighted by Gasteiger charge is -2.32. The van der Waals surface area contributed by atoms with Gasteiger partial charge in [-0.1, -0.05) is 32.1 Å². The molecular formula is C10H14Cl2. The third-order valence-electron chi connectivity index (χ3n) is 2.62. The lowest BCUT2D eigenvalue weighted by Crippen LogP contribution is -2.26. The van der Waals surface area contributed by atoms with E-state index in [0.717, 1.165) is 0 Å². The van der Waals surface area contributed by atoms with Gasteiger partial charge in [-0.3, -0.25) is 0 Å². The van der Waals surface area contributed by atoms with Crippen molar-refractivity contribution in [1.82, 2.24) is 0 Å². The predicted octanol–water partition coefficient (Wildman–Crippen LogP) is 3.60. The van der Waals surface area contributed by atoms with Crippen LogP contribution in [0.25, 0.3) is 0 Å². The van der Waals surface area contributed by atoms with Gasteiger partial charge in [-0.15, -0.1) is 23.2 Å². The van der Waals surface area contributed by atoms with E-state index >= 15 is 0 Å². The molecule has 0 N–H and O–H groups in total. The summed E-state index contributed by atoms with van der Waals surface area (Å²) < 4.78 is 0. The molecule has 0 saturated heterocycles. The van der Waals surface area contributed by atoms with Gasteiger partial charge in [0, 0.05) is 17.2 Å². The second-order valence-electron chi connectivity index (χ2n) is 3.64. The van der Waals surface area contributed by atoms with Crippen LogP contribution in [-0.2, 0) is 0 Å². The molecule has 0 aromatic rings. The molecule has 1 aliphatic rings. The molecule has 0 bridgehead atoms. The molecule has 0 saturated carbocycles. The first-order chi connectivity index (χ1) is 5.62. The molecule has 0 aliphatic heterocycles. The third kappa shape index (κ3) is 1.86. The Hall–Kier alpha value is 0.0600. The maximum absolute atomic E-state index is 5.89. The van der Waals surface area contributed by atoms with Crippen molar-refractivity contribution in [3.8, 4) is 0 Å². The van der Waals surface area contributed by atoms with Gasteiger partial charge in [-0.05, 0) is 11.5 Å². The first-order valence-corrected chi connectivity index (χ1v) is 5.21. The fraction of sp³-hybridized carbons (Fsp3) is 0.600. The number of alkyl halides is 2. The Balaban J connectivity index is 2.81. The molecule has 0 fully saturated rings. The zero-order valence-electron chi connectivity index (χ0n) is 7.48. The minimum absolute atomic E-state index is 0.108. The van der Waals surface area contributed by atoms with Gasteiger partial charge in [0.15, 0.2) is 0 Å². The maximum Gasteiger partial charge on any atom is 0.0470 e. The summed E-state index contributed by atoms with van der Waals surface area (Å²) in [6, 6.07) is 0. The van der Waals surface area contributed by atoms with Crippen molar-refractivity contribution >= 4 is 23.2 Å². The van der Waals surface area contributed by atoms with Crippen LogP contribution in [0.4, 0.5) is 0 Å². The van der Waals surface area contributed by atoms with E-state index < -0.39 is 0 Å². The van der Waals surface area contributed by atoms with E-state index in [4.69, 9.17) is 23.2 Å². The summed E-state index contributed by atoms with van der Waals surface area (Å²) >= 11 is 11.6. The molecular weight excluding hydrogens is 191 g/mol. The van der Waals surface area contributed by atoms with Crippen molar-refractivity contribution in [3.63, 3.8) is 0 Å². The molecule has 2 heteroatoms. The standard InChI is InChI=1S/C10H14Cl2/c1-8-5-9(6-11)3-4-10(8,2)7-12/h3-5,8H,6-7H2,1-2H3/t8-,10-/m0/s1. The largest absolute Gasteiger partial charge is 0.126 e. The third-order valence-corrected chi connectivity index (χ3v) is 3.51. The van der Waals surface area contributed by atoms with Gasteiger partial charge in [-0.25, -0.2) is 0 Å². The number of rotatable bonds is 2. The SMILES string of the molecule is C[C@H]1C=C(CCl)C=C[C@@]1(C)CCl. The maximum atomic E-state index is 5.89. The van der Waals surface area contributed by atoms with Crippen LogP contribution in [0.1, 0.15) is 13.8 Å². The van der Waals surface area contributed by atoms with Crippen LogP contribution < -0.4 is 0 Å². The zero-order valence-corrected chi connectivity index (χ0v) is 8.99. The normalized spacial score (nSPS) is 35.0. The van der Waals surface area contributed by atoms with Gasteiger partial charge in [0.2, 0.25) is 0 Å². The average Bonchev–Trinajstić information content (AvgIpc) is 2.10. The Morgan fingerprint density at radius 2 is 2.17 bits per heavy atom. The molecule has 1 rings (SSSR count). The average molecular weight is 205 g/mol. The Morgan fingerprint density at radius 3 is 2.58 bits per heavy atom. The summed E-state index contributed by atoms with van der Waals surface area (Å²) in [6.07, 6.45) is 6.45. The fourth-order valence-corrected chi connectivity index (χ4v) is 1.78. The highest BCUT2D eigenvalue weighted by Gasteiger charge is 2.28. The van der Waals surface area contributed by atoms with E-state index in [1.165, 1.54) is 5.57 Å². The molecule has 0 heterocycles. The van der Waals surface area contributed by atoms with Crippen LogP contribution in [0.3, 0.4) is 0 Å². The van der Waals surface area contributed by atoms with Crippen molar-refractivity contribution < 1.29 is 0 Å². The van der Waals surface area contributed by atoms with Crippen molar-refractivity contribution in [2.45, 2.75) is 13.8 Å². The van der Waals surface area contributed by atoms with Crippen LogP contribution in [0.5, 0.6) is 0 Å². The summed E-state index contributed by atoms with van der Waals surface area (Å²) in [4.78, 5) is 0. The quantitative estimate of drug-likeness (QED) is 0.604. The lowest BCUT2D eigenvalue weighted by atomic mass is 9.76. The Labute approximate surface area is 84.2 Å². The fourth-order valence-electron chi connectivity index (χ4n) is 1.27. The molecule has 0 amide bonds. The van der Waals surface area contributed by atoms with Gasteiger partial charge in [0.1, 0.15) is 0 Å². The topological polar surface area (TPSA) is 0 Å². The first kappa shape index (κ1) is 10.1. The van der Waals surface area contributed by atoms with E-state index in [2.05, 4.69) is 32.1 Å². The minimum atomic E-state index is 0.108. The van der Waals surface area contributed by atoms with E-state index in [-0.39, 0.29) is 5.41 Å². The zero-order chi connectivity index (χ0) is 9.19. The molecule has 68 valence electrons. The molecule has 0 unspecified atom stereocenters. The summed E-state index contributed by atoms with van der Waals surface area (Å²) in [5.74, 6) is 1.74. The Morgan fingerprint density at radius 1 is 1.50 bits per heavy atom. The van der Waals surface area contributed by atoms with Crippen LogP contribution in [0.15, 0.2) is 23.8 Å². The molecule has 0 radical (unpaired) electrons. The van der Waals surface area contributed by atoms with E-state index in [1.807, 2.05) is 0 Å². The van der Waals surface area contributed by atoms with E-state index in [0.29, 0.717) is 17.7 Å². The molecule has 2 atom stereocenters. The van der Waals surface area contributed by atoms with Crippen LogP contribution in [0, 0.1) is 11.3 Å². The van der Waals surface area contributed by atoms with Gasteiger partial charge in [0.25, 0.3) is 0 Å². The number of hydrogen-bond acceptors (Lipinski definition) is 0. The number of allylic oxidation sites excluding steroid dienone is 4. The minimum Gasteiger partial charge on any atom is -0.126 e. The number of halogens is 2. The van der Waals surface area contributed by atoms with Crippen molar-refractivity contribution in [3.05, 3.63) is 23.8 Å². The van der Waals surface area contributed by atoms with Crippen LogP contribution in [-0.4, -0.2) is 11.8 Å². The van der Waals surface area contributed by atoms with Gasteiger partial charge >= 0.3 is 0 Å². The Bertz CT molecular complexity index is 218. The molecule has 1 aliphatic carbocycles. The highest BCUT2D eigenvalue weighted by Crippen LogP contribution is 2.35. The second kappa shape index (κ2) is 3.85. The monoisotopic (exact) mass is 204 g/mol. The first-order valence-electron chi connectivity index (χ1n) is 4.14. The Kier molecular flexibility index (Phi) is 3.25. The number of hydrogen-bond donors (Lipinski definition) is 0. The molecule has 0 spiro atoms. The highest BCUT2D eigenvalue weighted by molar-refractivity contribution is 6.19. The van der Waals surface area contributed by atoms with Crippen molar-refractivity contribution in [2.75, 3.05) is 11.8 Å². The van der Waals surface area contributed by atoms with Crippen LogP contribution in [0.2, 0.25) is 0 Å². The highest BCUT2D eigenvalue weighted by atomic mass is 35.5. The summed E-state index contributed by atoms with van der Waals surface area (Å²) in [5, 5.41) is 0. The predicted molar refractivity (Wildman–Crippen MR) is 55.9 cm³/mol. The van der Waals surface area contributed by atoms with Gasteiger partial charge in [0.05, 0.1) is 0 Å².